The van der Waals surface area contributed by atoms with Gasteiger partial charge in [-0.3, -0.25) is 9.59 Å². The molecule has 0 bridgehead atoms. The molecule has 2 heterocycles. The largest absolute Gasteiger partial charge is 0.347 e. The molecule has 0 aromatic heterocycles. The molecular formula is C10H16N4O2. The van der Waals surface area contributed by atoms with E-state index in [-0.39, 0.29) is 17.9 Å². The molecule has 0 saturated carbocycles. The van der Waals surface area contributed by atoms with Crippen LogP contribution in [0.15, 0.2) is 5.10 Å². The van der Waals surface area contributed by atoms with Crippen molar-refractivity contribution in [3.63, 3.8) is 0 Å². The Hall–Kier alpha value is -1.43. The zero-order valence-corrected chi connectivity index (χ0v) is 9.08. The molecule has 1 unspecified atom stereocenters. The van der Waals surface area contributed by atoms with Crippen LogP contribution >= 0.6 is 0 Å². The molecule has 1 fully saturated rings. The summed E-state index contributed by atoms with van der Waals surface area (Å²) >= 11 is 0. The first kappa shape index (κ1) is 11.1. The Kier molecular flexibility index (Phi) is 3.51. The highest BCUT2D eigenvalue weighted by atomic mass is 16.2. The highest BCUT2D eigenvalue weighted by molar-refractivity contribution is 6.39. The lowest BCUT2D eigenvalue weighted by atomic mass is 10.1. The smallest absolute Gasteiger partial charge is 0.267 e. The van der Waals surface area contributed by atoms with E-state index in [1.165, 1.54) is 0 Å². The predicted molar refractivity (Wildman–Crippen MR) is 58.8 cm³/mol. The van der Waals surface area contributed by atoms with Crippen molar-refractivity contribution in [2.75, 3.05) is 13.1 Å². The van der Waals surface area contributed by atoms with Gasteiger partial charge >= 0.3 is 0 Å². The van der Waals surface area contributed by atoms with Gasteiger partial charge in [-0.1, -0.05) is 0 Å². The molecule has 0 radical (unpaired) electrons. The average Bonchev–Trinajstić information content (AvgIpc) is 2.31. The Bertz CT molecular complexity index is 321. The molecule has 2 aliphatic heterocycles. The highest BCUT2D eigenvalue weighted by Gasteiger charge is 2.21. The van der Waals surface area contributed by atoms with Crippen LogP contribution in [0.4, 0.5) is 0 Å². The Morgan fingerprint density at radius 3 is 2.94 bits per heavy atom. The van der Waals surface area contributed by atoms with Crippen molar-refractivity contribution in [1.29, 1.82) is 0 Å². The van der Waals surface area contributed by atoms with Crippen LogP contribution in [0.3, 0.4) is 0 Å². The summed E-state index contributed by atoms with van der Waals surface area (Å²) in [6.45, 7) is 1.83. The molecule has 0 spiro atoms. The van der Waals surface area contributed by atoms with Gasteiger partial charge in [0, 0.05) is 25.4 Å². The molecule has 3 N–H and O–H groups in total. The van der Waals surface area contributed by atoms with Crippen LogP contribution in [0.1, 0.15) is 25.7 Å². The number of nitrogens with one attached hydrogen (secondary N) is 3. The summed E-state index contributed by atoms with van der Waals surface area (Å²) in [5.41, 5.74) is 2.74. The number of hydrazone groups is 1. The lowest BCUT2D eigenvalue weighted by Gasteiger charge is -2.24. The minimum Gasteiger partial charge on any atom is -0.347 e. The van der Waals surface area contributed by atoms with E-state index in [1.54, 1.807) is 0 Å². The fourth-order valence-electron chi connectivity index (χ4n) is 1.88. The summed E-state index contributed by atoms with van der Waals surface area (Å²) in [7, 11) is 0. The topological polar surface area (TPSA) is 82.6 Å². The fraction of sp³-hybridized carbons (Fsp3) is 0.700. The molecule has 1 saturated heterocycles. The van der Waals surface area contributed by atoms with Gasteiger partial charge in [0.1, 0.15) is 5.71 Å². The van der Waals surface area contributed by atoms with Gasteiger partial charge in [0.25, 0.3) is 5.91 Å². The first-order chi connectivity index (χ1) is 7.75. The average molecular weight is 224 g/mol. The van der Waals surface area contributed by atoms with Gasteiger partial charge in [-0.05, 0) is 19.4 Å². The van der Waals surface area contributed by atoms with Crippen molar-refractivity contribution in [2.24, 2.45) is 5.10 Å². The van der Waals surface area contributed by atoms with Crippen molar-refractivity contribution in [1.82, 2.24) is 16.1 Å². The lowest BCUT2D eigenvalue weighted by molar-refractivity contribution is -0.121. The van der Waals surface area contributed by atoms with E-state index in [1.807, 2.05) is 0 Å². The monoisotopic (exact) mass is 224 g/mol. The van der Waals surface area contributed by atoms with Crippen molar-refractivity contribution in [2.45, 2.75) is 31.7 Å². The maximum Gasteiger partial charge on any atom is 0.267 e. The molecule has 0 aliphatic carbocycles. The molecule has 6 nitrogen and oxygen atoms in total. The van der Waals surface area contributed by atoms with Crippen molar-refractivity contribution >= 4 is 17.5 Å². The zero-order valence-electron chi connectivity index (χ0n) is 9.08. The molecular weight excluding hydrogens is 208 g/mol. The molecule has 0 aromatic rings. The molecule has 88 valence electrons. The van der Waals surface area contributed by atoms with E-state index < -0.39 is 0 Å². The highest BCUT2D eigenvalue weighted by Crippen LogP contribution is 2.04. The maximum atomic E-state index is 11.8. The Morgan fingerprint density at radius 1 is 1.44 bits per heavy atom. The number of nitrogens with zero attached hydrogens (tertiary/aromatic N) is 1. The summed E-state index contributed by atoms with van der Waals surface area (Å²) in [6, 6.07) is 0.182. The van der Waals surface area contributed by atoms with E-state index in [9.17, 15) is 9.59 Å². The van der Waals surface area contributed by atoms with E-state index in [2.05, 4.69) is 21.2 Å². The normalized spacial score (nSPS) is 25.6. The summed E-state index contributed by atoms with van der Waals surface area (Å²) in [5, 5.41) is 9.91. The third-order valence-electron chi connectivity index (χ3n) is 2.80. The SMILES string of the molecule is O=C1CCC(C(=O)NC2CCCNC2)=NN1. The van der Waals surface area contributed by atoms with Crippen molar-refractivity contribution < 1.29 is 9.59 Å². The van der Waals surface area contributed by atoms with Gasteiger partial charge in [0.15, 0.2) is 0 Å². The summed E-state index contributed by atoms with van der Waals surface area (Å²) in [6.07, 6.45) is 2.85. The van der Waals surface area contributed by atoms with E-state index in [0.29, 0.717) is 18.6 Å². The first-order valence-corrected chi connectivity index (χ1v) is 5.62. The molecule has 2 amide bonds. The van der Waals surface area contributed by atoms with Crippen LogP contribution in [0, 0.1) is 0 Å². The van der Waals surface area contributed by atoms with Crippen molar-refractivity contribution in [3.05, 3.63) is 0 Å². The van der Waals surface area contributed by atoms with Gasteiger partial charge in [-0.15, -0.1) is 0 Å². The number of rotatable bonds is 2. The maximum absolute atomic E-state index is 11.8. The summed E-state index contributed by atoms with van der Waals surface area (Å²) < 4.78 is 0. The van der Waals surface area contributed by atoms with Crippen molar-refractivity contribution in [3.8, 4) is 0 Å². The van der Waals surface area contributed by atoms with E-state index >= 15 is 0 Å². The Balaban J connectivity index is 1.85. The Morgan fingerprint density at radius 2 is 2.31 bits per heavy atom. The minimum atomic E-state index is -0.159. The molecule has 1 atom stereocenters. The quantitative estimate of drug-likeness (QED) is 0.569. The van der Waals surface area contributed by atoms with Gasteiger partial charge in [-0.2, -0.15) is 5.10 Å². The second kappa shape index (κ2) is 5.07. The number of hydrogen-bond acceptors (Lipinski definition) is 4. The molecule has 0 aromatic carbocycles. The third-order valence-corrected chi connectivity index (χ3v) is 2.80. The molecule has 2 rings (SSSR count). The van der Waals surface area contributed by atoms with Crippen LogP contribution in [0.5, 0.6) is 0 Å². The number of piperidine rings is 1. The van der Waals surface area contributed by atoms with Crippen LogP contribution in [0.25, 0.3) is 0 Å². The number of amides is 2. The molecule has 2 aliphatic rings. The van der Waals surface area contributed by atoms with Gasteiger partial charge in [-0.25, -0.2) is 5.43 Å². The Labute approximate surface area is 93.9 Å². The fourth-order valence-corrected chi connectivity index (χ4v) is 1.88. The second-order valence-corrected chi connectivity index (χ2v) is 4.11. The van der Waals surface area contributed by atoms with Crippen LogP contribution in [0.2, 0.25) is 0 Å². The number of carbonyl (C=O) groups is 2. The third kappa shape index (κ3) is 2.79. The van der Waals surface area contributed by atoms with Gasteiger partial charge in [0.05, 0.1) is 0 Å². The molecule has 16 heavy (non-hydrogen) atoms. The van der Waals surface area contributed by atoms with Gasteiger partial charge in [0.2, 0.25) is 5.91 Å². The first-order valence-electron chi connectivity index (χ1n) is 5.62. The van der Waals surface area contributed by atoms with Crippen LogP contribution in [-0.4, -0.2) is 36.7 Å². The minimum absolute atomic E-state index is 0.129. The number of carbonyl (C=O) groups excluding carboxylic acids is 2. The molecule has 6 heteroatoms. The van der Waals surface area contributed by atoms with E-state index in [0.717, 1.165) is 25.9 Å². The van der Waals surface area contributed by atoms with Crippen LogP contribution in [-0.2, 0) is 9.59 Å². The van der Waals surface area contributed by atoms with E-state index in [4.69, 9.17) is 0 Å². The lowest BCUT2D eigenvalue weighted by Crippen LogP contribution is -2.48. The van der Waals surface area contributed by atoms with Gasteiger partial charge < -0.3 is 10.6 Å². The predicted octanol–water partition coefficient (Wildman–Crippen LogP) is -0.879. The second-order valence-electron chi connectivity index (χ2n) is 4.11. The summed E-state index contributed by atoms with van der Waals surface area (Å²) in [4.78, 5) is 22.6. The van der Waals surface area contributed by atoms with Crippen LogP contribution < -0.4 is 16.1 Å². The standard InChI is InChI=1S/C10H16N4O2/c15-9-4-3-8(13-14-9)10(16)12-7-2-1-5-11-6-7/h7,11H,1-6H2,(H,12,16)(H,14,15). The zero-order chi connectivity index (χ0) is 11.4. The number of hydrogen-bond donors (Lipinski definition) is 3. The summed E-state index contributed by atoms with van der Waals surface area (Å²) in [5.74, 6) is -0.287.